The molecule has 124 valence electrons. The van der Waals surface area contributed by atoms with Crippen molar-refractivity contribution >= 4 is 21.6 Å². The van der Waals surface area contributed by atoms with E-state index < -0.39 is 10.0 Å². The molecule has 24 heavy (non-hydrogen) atoms. The number of nitrogens with one attached hydrogen (secondary N) is 1. The molecule has 2 aromatic carbocycles. The van der Waals surface area contributed by atoms with E-state index in [-0.39, 0.29) is 22.8 Å². The van der Waals surface area contributed by atoms with Crippen molar-refractivity contribution in [3.05, 3.63) is 59.7 Å². The van der Waals surface area contributed by atoms with Gasteiger partial charge in [0.15, 0.2) is 0 Å². The van der Waals surface area contributed by atoms with E-state index in [1.165, 1.54) is 4.31 Å². The van der Waals surface area contributed by atoms with Crippen LogP contribution in [-0.2, 0) is 14.8 Å². The third-order valence-corrected chi connectivity index (χ3v) is 6.58. The standard InChI is InChI=1S/C18H18N2O3S/c1-12-6-8-14(9-7-12)24(22,23)20-11-13-10-17(21)19-18(13)15-4-2-3-5-16(15)20/h2-9,13,18H,10-11H2,1H3,(H,19,21)/t13-,18-/m0/s1. The summed E-state index contributed by atoms with van der Waals surface area (Å²) in [6, 6.07) is 14.2. The van der Waals surface area contributed by atoms with Gasteiger partial charge in [0.25, 0.3) is 10.0 Å². The van der Waals surface area contributed by atoms with Gasteiger partial charge in [-0.05, 0) is 30.7 Å². The highest BCUT2D eigenvalue weighted by atomic mass is 32.2. The molecule has 2 aliphatic heterocycles. The van der Waals surface area contributed by atoms with Gasteiger partial charge in [-0.3, -0.25) is 9.10 Å². The zero-order chi connectivity index (χ0) is 16.9. The molecule has 1 amide bonds. The molecule has 0 radical (unpaired) electrons. The Labute approximate surface area is 141 Å². The topological polar surface area (TPSA) is 66.5 Å². The molecular formula is C18H18N2O3S. The zero-order valence-corrected chi connectivity index (χ0v) is 14.1. The van der Waals surface area contributed by atoms with Gasteiger partial charge >= 0.3 is 0 Å². The molecule has 0 aromatic heterocycles. The van der Waals surface area contributed by atoms with Crippen molar-refractivity contribution in [1.82, 2.24) is 5.32 Å². The van der Waals surface area contributed by atoms with E-state index in [1.54, 1.807) is 24.3 Å². The number of benzene rings is 2. The van der Waals surface area contributed by atoms with E-state index in [0.717, 1.165) is 11.1 Å². The molecule has 0 aliphatic carbocycles. The van der Waals surface area contributed by atoms with Gasteiger partial charge in [0.05, 0.1) is 16.6 Å². The monoisotopic (exact) mass is 342 g/mol. The predicted molar refractivity (Wildman–Crippen MR) is 91.1 cm³/mol. The third-order valence-electron chi connectivity index (χ3n) is 4.79. The number of rotatable bonds is 2. The Morgan fingerprint density at radius 1 is 1.08 bits per heavy atom. The minimum Gasteiger partial charge on any atom is -0.349 e. The van der Waals surface area contributed by atoms with Crippen LogP contribution in [0.5, 0.6) is 0 Å². The summed E-state index contributed by atoms with van der Waals surface area (Å²) in [5.74, 6) is -0.0537. The van der Waals surface area contributed by atoms with Gasteiger partial charge in [0, 0.05) is 18.9 Å². The molecule has 1 fully saturated rings. The number of hydrogen-bond donors (Lipinski definition) is 1. The van der Waals surface area contributed by atoms with E-state index >= 15 is 0 Å². The molecular weight excluding hydrogens is 324 g/mol. The van der Waals surface area contributed by atoms with Crippen LogP contribution in [0.4, 0.5) is 5.69 Å². The van der Waals surface area contributed by atoms with E-state index in [2.05, 4.69) is 5.32 Å². The summed E-state index contributed by atoms with van der Waals surface area (Å²) in [7, 11) is -3.65. The molecule has 0 spiro atoms. The molecule has 6 heteroatoms. The van der Waals surface area contributed by atoms with Crippen molar-refractivity contribution in [2.24, 2.45) is 5.92 Å². The summed E-state index contributed by atoms with van der Waals surface area (Å²) in [6.45, 7) is 2.24. The number of hydrogen-bond acceptors (Lipinski definition) is 3. The second kappa shape index (κ2) is 5.34. The Morgan fingerprint density at radius 2 is 1.79 bits per heavy atom. The Kier molecular flexibility index (Phi) is 3.38. The molecule has 5 nitrogen and oxygen atoms in total. The number of fused-ring (bicyclic) bond motifs is 3. The lowest BCUT2D eigenvalue weighted by Gasteiger charge is -2.36. The minimum atomic E-state index is -3.65. The van der Waals surface area contributed by atoms with Crippen molar-refractivity contribution in [3.63, 3.8) is 0 Å². The second-order valence-electron chi connectivity index (χ2n) is 6.42. The lowest BCUT2D eigenvalue weighted by molar-refractivity contribution is -0.119. The molecule has 0 unspecified atom stereocenters. The van der Waals surface area contributed by atoms with Crippen molar-refractivity contribution in [1.29, 1.82) is 0 Å². The maximum absolute atomic E-state index is 13.2. The highest BCUT2D eigenvalue weighted by Crippen LogP contribution is 2.43. The number of anilines is 1. The first-order valence-electron chi connectivity index (χ1n) is 7.94. The van der Waals surface area contributed by atoms with E-state index in [1.807, 2.05) is 31.2 Å². The maximum Gasteiger partial charge on any atom is 0.264 e. The fourth-order valence-electron chi connectivity index (χ4n) is 3.56. The van der Waals surface area contributed by atoms with Gasteiger partial charge < -0.3 is 5.32 Å². The SMILES string of the molecule is Cc1ccc(S(=O)(=O)N2C[C@@H]3CC(=O)N[C@@H]3c3ccccc32)cc1. The summed E-state index contributed by atoms with van der Waals surface area (Å²) in [6.07, 6.45) is 0.360. The number of carbonyl (C=O) groups excluding carboxylic acids is 1. The van der Waals surface area contributed by atoms with Crippen molar-refractivity contribution in [3.8, 4) is 0 Å². The van der Waals surface area contributed by atoms with Gasteiger partial charge in [-0.1, -0.05) is 35.9 Å². The fourth-order valence-corrected chi connectivity index (χ4v) is 5.11. The normalized spacial score (nSPS) is 22.7. The number of carbonyl (C=O) groups is 1. The number of amides is 1. The molecule has 1 saturated heterocycles. The predicted octanol–water partition coefficient (Wildman–Crippen LogP) is 2.38. The Balaban J connectivity index is 1.82. The average molecular weight is 342 g/mol. The van der Waals surface area contributed by atoms with E-state index in [9.17, 15) is 13.2 Å². The van der Waals surface area contributed by atoms with Crippen LogP contribution < -0.4 is 9.62 Å². The molecule has 2 aliphatic rings. The van der Waals surface area contributed by atoms with Crippen LogP contribution in [0.1, 0.15) is 23.6 Å². The maximum atomic E-state index is 13.2. The molecule has 2 heterocycles. The van der Waals surface area contributed by atoms with Gasteiger partial charge in [-0.15, -0.1) is 0 Å². The highest BCUT2D eigenvalue weighted by molar-refractivity contribution is 7.92. The molecule has 0 bridgehead atoms. The van der Waals surface area contributed by atoms with E-state index in [4.69, 9.17) is 0 Å². The van der Waals surface area contributed by atoms with Crippen molar-refractivity contribution in [2.45, 2.75) is 24.3 Å². The molecule has 4 rings (SSSR count). The quantitative estimate of drug-likeness (QED) is 0.911. The fraction of sp³-hybridized carbons (Fsp3) is 0.278. The number of nitrogens with zero attached hydrogens (tertiary/aromatic N) is 1. The van der Waals surface area contributed by atoms with Gasteiger partial charge in [0.1, 0.15) is 0 Å². The summed E-state index contributed by atoms with van der Waals surface area (Å²) in [5, 5.41) is 2.97. The summed E-state index contributed by atoms with van der Waals surface area (Å²) >= 11 is 0. The van der Waals surface area contributed by atoms with Crippen molar-refractivity contribution < 1.29 is 13.2 Å². The zero-order valence-electron chi connectivity index (χ0n) is 13.3. The minimum absolute atomic E-state index is 0.0191. The van der Waals surface area contributed by atoms with Crippen LogP contribution in [0.3, 0.4) is 0 Å². The summed E-state index contributed by atoms with van der Waals surface area (Å²) in [4.78, 5) is 12.1. The number of sulfonamides is 1. The Bertz CT molecular complexity index is 906. The lowest BCUT2D eigenvalue weighted by atomic mass is 9.89. The van der Waals surface area contributed by atoms with Crippen LogP contribution in [-0.4, -0.2) is 20.9 Å². The van der Waals surface area contributed by atoms with Gasteiger partial charge in [-0.25, -0.2) is 8.42 Å². The van der Waals surface area contributed by atoms with E-state index in [0.29, 0.717) is 18.7 Å². The Hall–Kier alpha value is -2.34. The average Bonchev–Trinajstić information content (AvgIpc) is 2.95. The van der Waals surface area contributed by atoms with Crippen LogP contribution in [0.25, 0.3) is 0 Å². The molecule has 0 saturated carbocycles. The van der Waals surface area contributed by atoms with Crippen molar-refractivity contribution in [2.75, 3.05) is 10.8 Å². The smallest absolute Gasteiger partial charge is 0.264 e. The third kappa shape index (κ3) is 2.29. The molecule has 1 N–H and O–H groups in total. The lowest BCUT2D eigenvalue weighted by Crippen LogP contribution is -2.41. The summed E-state index contributed by atoms with van der Waals surface area (Å²) < 4.78 is 27.8. The van der Waals surface area contributed by atoms with Gasteiger partial charge in [0.2, 0.25) is 5.91 Å². The number of aryl methyl sites for hydroxylation is 1. The first-order valence-corrected chi connectivity index (χ1v) is 9.38. The summed E-state index contributed by atoms with van der Waals surface area (Å²) in [5.41, 5.74) is 2.54. The van der Waals surface area contributed by atoms with Gasteiger partial charge in [-0.2, -0.15) is 0 Å². The largest absolute Gasteiger partial charge is 0.349 e. The van der Waals surface area contributed by atoms with Crippen LogP contribution >= 0.6 is 0 Å². The molecule has 2 atom stereocenters. The Morgan fingerprint density at radius 3 is 2.54 bits per heavy atom. The highest BCUT2D eigenvalue weighted by Gasteiger charge is 2.43. The molecule has 2 aromatic rings. The first-order chi connectivity index (χ1) is 11.5. The van der Waals surface area contributed by atoms with Crippen LogP contribution in [0.2, 0.25) is 0 Å². The van der Waals surface area contributed by atoms with Crippen LogP contribution in [0.15, 0.2) is 53.4 Å². The van der Waals surface area contributed by atoms with Crippen LogP contribution in [0, 0.1) is 12.8 Å². The first kappa shape index (κ1) is 15.2. The number of para-hydroxylation sites is 1. The second-order valence-corrected chi connectivity index (χ2v) is 8.28.